The molecule has 19 heavy (non-hydrogen) atoms. The largest absolute Gasteiger partial charge is 0.491 e. The summed E-state index contributed by atoms with van der Waals surface area (Å²) in [4.78, 5) is 12.2. The first-order valence-electron chi connectivity index (χ1n) is 7.05. The van der Waals surface area contributed by atoms with E-state index in [0.717, 1.165) is 38.1 Å². The number of benzene rings is 1. The zero-order chi connectivity index (χ0) is 13.1. The van der Waals surface area contributed by atoms with Gasteiger partial charge in [-0.3, -0.25) is 4.79 Å². The molecule has 2 N–H and O–H groups in total. The fourth-order valence-electron chi connectivity index (χ4n) is 2.82. The standard InChI is InChI=1S/C15H20N2O2/c18-15(12-5-3-7-16-9-12)17-13-8-11-4-1-2-6-14(11)19-10-13/h1-2,4,6,12-13,16H,3,5,7-10H2,(H,17,18). The van der Waals surface area contributed by atoms with E-state index in [-0.39, 0.29) is 17.9 Å². The van der Waals surface area contributed by atoms with Gasteiger partial charge in [-0.15, -0.1) is 0 Å². The topological polar surface area (TPSA) is 50.4 Å². The van der Waals surface area contributed by atoms with E-state index in [2.05, 4.69) is 16.7 Å². The van der Waals surface area contributed by atoms with Gasteiger partial charge in [0.2, 0.25) is 5.91 Å². The molecule has 1 fully saturated rings. The average Bonchev–Trinajstić information content (AvgIpc) is 2.48. The highest BCUT2D eigenvalue weighted by Gasteiger charge is 2.26. The Morgan fingerprint density at radius 1 is 1.37 bits per heavy atom. The van der Waals surface area contributed by atoms with Crippen LogP contribution in [0.3, 0.4) is 0 Å². The number of carbonyl (C=O) groups is 1. The monoisotopic (exact) mass is 260 g/mol. The van der Waals surface area contributed by atoms with Crippen molar-refractivity contribution >= 4 is 5.91 Å². The number of carbonyl (C=O) groups excluding carboxylic acids is 1. The predicted molar refractivity (Wildman–Crippen MR) is 73.2 cm³/mol. The highest BCUT2D eigenvalue weighted by Crippen LogP contribution is 2.24. The fourth-order valence-corrected chi connectivity index (χ4v) is 2.82. The summed E-state index contributed by atoms with van der Waals surface area (Å²) in [6.07, 6.45) is 2.94. The van der Waals surface area contributed by atoms with Crippen LogP contribution in [0.4, 0.5) is 0 Å². The third kappa shape index (κ3) is 2.89. The van der Waals surface area contributed by atoms with E-state index < -0.39 is 0 Å². The van der Waals surface area contributed by atoms with Gasteiger partial charge in [0, 0.05) is 6.54 Å². The van der Waals surface area contributed by atoms with Gasteiger partial charge in [0.25, 0.3) is 0 Å². The summed E-state index contributed by atoms with van der Waals surface area (Å²) in [6, 6.07) is 8.14. The number of hydrogen-bond acceptors (Lipinski definition) is 3. The van der Waals surface area contributed by atoms with Gasteiger partial charge in [-0.05, 0) is 37.4 Å². The summed E-state index contributed by atoms with van der Waals surface area (Å²) >= 11 is 0. The van der Waals surface area contributed by atoms with Gasteiger partial charge in [0.1, 0.15) is 12.4 Å². The quantitative estimate of drug-likeness (QED) is 0.837. The molecule has 0 aliphatic carbocycles. The Balaban J connectivity index is 1.58. The maximum atomic E-state index is 12.2. The van der Waals surface area contributed by atoms with E-state index in [1.54, 1.807) is 0 Å². The Bertz CT molecular complexity index is 455. The SMILES string of the molecule is O=C(NC1COc2ccccc2C1)C1CCCNC1. The molecule has 1 amide bonds. The molecule has 0 radical (unpaired) electrons. The maximum absolute atomic E-state index is 12.2. The molecule has 2 unspecified atom stereocenters. The van der Waals surface area contributed by atoms with Crippen molar-refractivity contribution in [3.05, 3.63) is 29.8 Å². The van der Waals surface area contributed by atoms with Crippen LogP contribution < -0.4 is 15.4 Å². The Labute approximate surface area is 113 Å². The summed E-state index contributed by atoms with van der Waals surface area (Å²) in [7, 11) is 0. The number of hydrogen-bond donors (Lipinski definition) is 2. The second kappa shape index (κ2) is 5.61. The van der Waals surface area contributed by atoms with Gasteiger partial charge >= 0.3 is 0 Å². The first kappa shape index (κ1) is 12.5. The van der Waals surface area contributed by atoms with Crippen LogP contribution in [0.2, 0.25) is 0 Å². The lowest BCUT2D eigenvalue weighted by molar-refractivity contribution is -0.126. The lowest BCUT2D eigenvalue weighted by Crippen LogP contribution is -2.48. The van der Waals surface area contributed by atoms with Crippen LogP contribution in [0.15, 0.2) is 24.3 Å². The molecule has 4 nitrogen and oxygen atoms in total. The minimum absolute atomic E-state index is 0.101. The van der Waals surface area contributed by atoms with Gasteiger partial charge in [-0.1, -0.05) is 18.2 Å². The summed E-state index contributed by atoms with van der Waals surface area (Å²) in [6.45, 7) is 2.41. The smallest absolute Gasteiger partial charge is 0.224 e. The lowest BCUT2D eigenvalue weighted by atomic mass is 9.97. The molecule has 1 aromatic rings. The van der Waals surface area contributed by atoms with Crippen LogP contribution in [-0.4, -0.2) is 31.6 Å². The summed E-state index contributed by atoms with van der Waals surface area (Å²) in [5, 5.41) is 6.40. The van der Waals surface area contributed by atoms with Crippen molar-refractivity contribution in [2.24, 2.45) is 5.92 Å². The zero-order valence-electron chi connectivity index (χ0n) is 11.0. The maximum Gasteiger partial charge on any atom is 0.224 e. The molecule has 1 aromatic carbocycles. The van der Waals surface area contributed by atoms with Crippen LogP contribution >= 0.6 is 0 Å². The minimum Gasteiger partial charge on any atom is -0.491 e. The van der Waals surface area contributed by atoms with E-state index in [0.29, 0.717) is 6.61 Å². The van der Waals surface area contributed by atoms with Crippen molar-refractivity contribution in [3.63, 3.8) is 0 Å². The Morgan fingerprint density at radius 2 is 2.26 bits per heavy atom. The summed E-state index contributed by atoms with van der Waals surface area (Å²) in [5.74, 6) is 1.23. The van der Waals surface area contributed by atoms with Crippen LogP contribution in [-0.2, 0) is 11.2 Å². The van der Waals surface area contributed by atoms with Crippen molar-refractivity contribution in [2.75, 3.05) is 19.7 Å². The van der Waals surface area contributed by atoms with Crippen molar-refractivity contribution in [2.45, 2.75) is 25.3 Å². The first-order valence-corrected chi connectivity index (χ1v) is 7.05. The van der Waals surface area contributed by atoms with Crippen molar-refractivity contribution in [3.8, 4) is 5.75 Å². The molecule has 2 heterocycles. The second-order valence-electron chi connectivity index (χ2n) is 5.37. The van der Waals surface area contributed by atoms with E-state index in [9.17, 15) is 4.79 Å². The van der Waals surface area contributed by atoms with Gasteiger partial charge in [-0.25, -0.2) is 0 Å². The van der Waals surface area contributed by atoms with Crippen molar-refractivity contribution < 1.29 is 9.53 Å². The van der Waals surface area contributed by atoms with Gasteiger partial charge in [0.05, 0.1) is 12.0 Å². The van der Waals surface area contributed by atoms with Crippen LogP contribution in [0.1, 0.15) is 18.4 Å². The summed E-state index contributed by atoms with van der Waals surface area (Å²) in [5.41, 5.74) is 1.18. The molecule has 4 heteroatoms. The molecule has 2 atom stereocenters. The number of nitrogens with one attached hydrogen (secondary N) is 2. The molecule has 0 saturated carbocycles. The molecule has 102 valence electrons. The lowest BCUT2D eigenvalue weighted by Gasteiger charge is -2.29. The fraction of sp³-hybridized carbons (Fsp3) is 0.533. The average molecular weight is 260 g/mol. The molecule has 0 spiro atoms. The first-order chi connectivity index (χ1) is 9.33. The normalized spacial score (nSPS) is 26.1. The highest BCUT2D eigenvalue weighted by atomic mass is 16.5. The minimum atomic E-state index is 0.101. The van der Waals surface area contributed by atoms with E-state index in [4.69, 9.17) is 4.74 Å². The molecular weight excluding hydrogens is 240 g/mol. The van der Waals surface area contributed by atoms with E-state index in [1.165, 1.54) is 5.56 Å². The molecular formula is C15H20N2O2. The van der Waals surface area contributed by atoms with Crippen LogP contribution in [0.5, 0.6) is 5.75 Å². The van der Waals surface area contributed by atoms with E-state index >= 15 is 0 Å². The van der Waals surface area contributed by atoms with Crippen molar-refractivity contribution in [1.29, 1.82) is 0 Å². The molecule has 3 rings (SSSR count). The second-order valence-corrected chi connectivity index (χ2v) is 5.37. The van der Waals surface area contributed by atoms with E-state index in [1.807, 2.05) is 18.2 Å². The molecule has 1 saturated heterocycles. The van der Waals surface area contributed by atoms with Gasteiger partial charge in [0.15, 0.2) is 0 Å². The van der Waals surface area contributed by atoms with Crippen LogP contribution in [0, 0.1) is 5.92 Å². The number of amides is 1. The molecule has 0 aromatic heterocycles. The number of para-hydroxylation sites is 1. The van der Waals surface area contributed by atoms with Crippen LogP contribution in [0.25, 0.3) is 0 Å². The zero-order valence-corrected chi connectivity index (χ0v) is 11.0. The Kier molecular flexibility index (Phi) is 3.69. The number of piperidine rings is 1. The third-order valence-electron chi connectivity index (χ3n) is 3.89. The third-order valence-corrected chi connectivity index (χ3v) is 3.89. The summed E-state index contributed by atoms with van der Waals surface area (Å²) < 4.78 is 5.69. The Morgan fingerprint density at radius 3 is 3.11 bits per heavy atom. The molecule has 2 aliphatic heterocycles. The number of fused-ring (bicyclic) bond motifs is 1. The molecule has 0 bridgehead atoms. The van der Waals surface area contributed by atoms with Crippen molar-refractivity contribution in [1.82, 2.24) is 10.6 Å². The number of ether oxygens (including phenoxy) is 1. The Hall–Kier alpha value is -1.55. The molecule has 2 aliphatic rings. The van der Waals surface area contributed by atoms with Gasteiger partial charge in [-0.2, -0.15) is 0 Å². The number of rotatable bonds is 2. The predicted octanol–water partition coefficient (Wildman–Crippen LogP) is 1.11. The highest BCUT2D eigenvalue weighted by molar-refractivity contribution is 5.79. The van der Waals surface area contributed by atoms with Gasteiger partial charge < -0.3 is 15.4 Å².